The van der Waals surface area contributed by atoms with Crippen molar-refractivity contribution in [3.63, 3.8) is 0 Å². The van der Waals surface area contributed by atoms with Gasteiger partial charge in [-0.05, 0) is 18.7 Å². The van der Waals surface area contributed by atoms with Crippen LogP contribution in [0.4, 0.5) is 0 Å². The normalized spacial score (nSPS) is 22.4. The Balaban J connectivity index is 1.65. The number of hydrogen-bond donors (Lipinski definition) is 1. The Morgan fingerprint density at radius 1 is 1.56 bits per heavy atom. The van der Waals surface area contributed by atoms with Gasteiger partial charge in [-0.1, -0.05) is 6.92 Å². The standard InChI is InChI=1S/C12H20N2O2/c1-2-14-5-7-16-12(10-14)9-13-8-11-4-3-6-15-11/h3-4,6,12-13H,2,5,7-10H2,1H3. The van der Waals surface area contributed by atoms with Crippen LogP contribution < -0.4 is 5.32 Å². The first-order chi connectivity index (χ1) is 7.88. The fourth-order valence-electron chi connectivity index (χ4n) is 1.96. The van der Waals surface area contributed by atoms with Gasteiger partial charge in [0, 0.05) is 19.6 Å². The maximum Gasteiger partial charge on any atom is 0.117 e. The number of ether oxygens (including phenoxy) is 1. The molecule has 1 atom stereocenters. The highest BCUT2D eigenvalue weighted by atomic mass is 16.5. The van der Waals surface area contributed by atoms with E-state index < -0.39 is 0 Å². The van der Waals surface area contributed by atoms with Crippen LogP contribution in [-0.2, 0) is 11.3 Å². The predicted octanol–water partition coefficient (Wildman–Crippen LogP) is 1.09. The van der Waals surface area contributed by atoms with Crippen molar-refractivity contribution in [3.05, 3.63) is 24.2 Å². The molecule has 0 amide bonds. The number of nitrogens with zero attached hydrogens (tertiary/aromatic N) is 1. The number of likely N-dealkylation sites (N-methyl/N-ethyl adjacent to an activating group) is 1. The highest BCUT2D eigenvalue weighted by Gasteiger charge is 2.18. The van der Waals surface area contributed by atoms with Crippen LogP contribution in [0.2, 0.25) is 0 Å². The zero-order valence-electron chi connectivity index (χ0n) is 9.82. The highest BCUT2D eigenvalue weighted by molar-refractivity contribution is 4.97. The zero-order chi connectivity index (χ0) is 11.2. The third kappa shape index (κ3) is 3.33. The lowest BCUT2D eigenvalue weighted by Gasteiger charge is -2.32. The Morgan fingerprint density at radius 2 is 2.50 bits per heavy atom. The van der Waals surface area contributed by atoms with E-state index >= 15 is 0 Å². The summed E-state index contributed by atoms with van der Waals surface area (Å²) in [5, 5.41) is 3.36. The van der Waals surface area contributed by atoms with E-state index in [0.29, 0.717) is 6.10 Å². The minimum absolute atomic E-state index is 0.309. The second kappa shape index (κ2) is 6.03. The Bertz CT molecular complexity index is 287. The first-order valence-corrected chi connectivity index (χ1v) is 5.95. The maximum atomic E-state index is 5.69. The van der Waals surface area contributed by atoms with E-state index in [0.717, 1.165) is 45.1 Å². The molecule has 0 aliphatic carbocycles. The molecule has 0 bridgehead atoms. The molecule has 2 rings (SSSR count). The smallest absolute Gasteiger partial charge is 0.117 e. The summed E-state index contributed by atoms with van der Waals surface area (Å²) in [5.74, 6) is 0.975. The van der Waals surface area contributed by atoms with Crippen molar-refractivity contribution in [2.75, 3.05) is 32.8 Å². The molecular formula is C12H20N2O2. The molecule has 0 radical (unpaired) electrons. The Hall–Kier alpha value is -0.840. The summed E-state index contributed by atoms with van der Waals surface area (Å²) in [5.41, 5.74) is 0. The number of nitrogens with one attached hydrogen (secondary N) is 1. The summed E-state index contributed by atoms with van der Waals surface area (Å²) in [6.07, 6.45) is 2.01. The maximum absolute atomic E-state index is 5.69. The lowest BCUT2D eigenvalue weighted by atomic mass is 10.2. The Labute approximate surface area is 96.6 Å². The van der Waals surface area contributed by atoms with Crippen molar-refractivity contribution in [3.8, 4) is 0 Å². The summed E-state index contributed by atoms with van der Waals surface area (Å²) in [4.78, 5) is 2.42. The third-order valence-electron chi connectivity index (χ3n) is 2.92. The minimum Gasteiger partial charge on any atom is -0.468 e. The van der Waals surface area contributed by atoms with Crippen LogP contribution in [0.1, 0.15) is 12.7 Å². The average Bonchev–Trinajstić information content (AvgIpc) is 2.82. The molecular weight excluding hydrogens is 204 g/mol. The van der Waals surface area contributed by atoms with Crippen molar-refractivity contribution >= 4 is 0 Å². The molecule has 4 heteroatoms. The van der Waals surface area contributed by atoms with Crippen LogP contribution >= 0.6 is 0 Å². The van der Waals surface area contributed by atoms with E-state index in [4.69, 9.17) is 9.15 Å². The van der Waals surface area contributed by atoms with Crippen molar-refractivity contribution in [2.45, 2.75) is 19.6 Å². The SMILES string of the molecule is CCN1CCOC(CNCc2ccco2)C1. The predicted molar refractivity (Wildman–Crippen MR) is 62.3 cm³/mol. The molecule has 4 nitrogen and oxygen atoms in total. The molecule has 16 heavy (non-hydrogen) atoms. The third-order valence-corrected chi connectivity index (χ3v) is 2.92. The second-order valence-electron chi connectivity index (χ2n) is 4.10. The monoisotopic (exact) mass is 224 g/mol. The van der Waals surface area contributed by atoms with Gasteiger partial charge in [0.15, 0.2) is 0 Å². The molecule has 0 spiro atoms. The van der Waals surface area contributed by atoms with Gasteiger partial charge >= 0.3 is 0 Å². The lowest BCUT2D eigenvalue weighted by Crippen LogP contribution is -2.46. The van der Waals surface area contributed by atoms with Gasteiger partial charge < -0.3 is 14.5 Å². The van der Waals surface area contributed by atoms with E-state index in [2.05, 4.69) is 17.1 Å². The van der Waals surface area contributed by atoms with Gasteiger partial charge in [-0.3, -0.25) is 4.90 Å². The number of furan rings is 1. The van der Waals surface area contributed by atoms with E-state index in [9.17, 15) is 0 Å². The summed E-state index contributed by atoms with van der Waals surface area (Å²) in [6, 6.07) is 3.89. The van der Waals surface area contributed by atoms with Gasteiger partial charge in [0.25, 0.3) is 0 Å². The van der Waals surface area contributed by atoms with Crippen molar-refractivity contribution in [1.82, 2.24) is 10.2 Å². The van der Waals surface area contributed by atoms with Crippen LogP contribution in [0.15, 0.2) is 22.8 Å². The van der Waals surface area contributed by atoms with Gasteiger partial charge in [-0.2, -0.15) is 0 Å². The van der Waals surface area contributed by atoms with Crippen LogP contribution in [0.25, 0.3) is 0 Å². The van der Waals surface area contributed by atoms with Gasteiger partial charge in [-0.15, -0.1) is 0 Å². The summed E-state index contributed by atoms with van der Waals surface area (Å²) in [6.45, 7) is 7.90. The van der Waals surface area contributed by atoms with Gasteiger partial charge in [0.1, 0.15) is 5.76 Å². The molecule has 1 N–H and O–H groups in total. The van der Waals surface area contributed by atoms with Gasteiger partial charge in [0.2, 0.25) is 0 Å². The van der Waals surface area contributed by atoms with Crippen molar-refractivity contribution in [1.29, 1.82) is 0 Å². The first kappa shape index (κ1) is 11.6. The highest BCUT2D eigenvalue weighted by Crippen LogP contribution is 2.04. The molecule has 0 aromatic carbocycles. The van der Waals surface area contributed by atoms with Gasteiger partial charge in [0.05, 0.1) is 25.5 Å². The largest absolute Gasteiger partial charge is 0.468 e. The first-order valence-electron chi connectivity index (χ1n) is 5.95. The molecule has 1 fully saturated rings. The van der Waals surface area contributed by atoms with Crippen molar-refractivity contribution < 1.29 is 9.15 Å². The lowest BCUT2D eigenvalue weighted by molar-refractivity contribution is -0.0255. The zero-order valence-corrected chi connectivity index (χ0v) is 9.82. The van der Waals surface area contributed by atoms with E-state index in [1.807, 2.05) is 12.1 Å². The van der Waals surface area contributed by atoms with E-state index in [1.54, 1.807) is 6.26 Å². The number of morpholine rings is 1. The topological polar surface area (TPSA) is 37.6 Å². The molecule has 1 saturated heterocycles. The van der Waals surface area contributed by atoms with Crippen LogP contribution in [-0.4, -0.2) is 43.8 Å². The van der Waals surface area contributed by atoms with Crippen LogP contribution in [0.3, 0.4) is 0 Å². The van der Waals surface area contributed by atoms with E-state index in [1.165, 1.54) is 0 Å². The summed E-state index contributed by atoms with van der Waals surface area (Å²) < 4.78 is 10.9. The Kier molecular flexibility index (Phi) is 4.39. The molecule has 1 aliphatic rings. The number of hydrogen-bond acceptors (Lipinski definition) is 4. The fraction of sp³-hybridized carbons (Fsp3) is 0.667. The fourth-order valence-corrected chi connectivity index (χ4v) is 1.96. The second-order valence-corrected chi connectivity index (χ2v) is 4.10. The molecule has 0 saturated carbocycles. The minimum atomic E-state index is 0.309. The molecule has 1 aliphatic heterocycles. The number of rotatable bonds is 5. The van der Waals surface area contributed by atoms with E-state index in [-0.39, 0.29) is 0 Å². The molecule has 1 aromatic heterocycles. The molecule has 2 heterocycles. The summed E-state index contributed by atoms with van der Waals surface area (Å²) >= 11 is 0. The summed E-state index contributed by atoms with van der Waals surface area (Å²) in [7, 11) is 0. The average molecular weight is 224 g/mol. The molecule has 1 aromatic rings. The van der Waals surface area contributed by atoms with Crippen molar-refractivity contribution in [2.24, 2.45) is 0 Å². The Morgan fingerprint density at radius 3 is 3.25 bits per heavy atom. The van der Waals surface area contributed by atoms with Crippen LogP contribution in [0.5, 0.6) is 0 Å². The quantitative estimate of drug-likeness (QED) is 0.812. The van der Waals surface area contributed by atoms with Gasteiger partial charge in [-0.25, -0.2) is 0 Å². The molecule has 1 unspecified atom stereocenters. The molecule has 90 valence electrons. The van der Waals surface area contributed by atoms with Crippen LogP contribution in [0, 0.1) is 0 Å².